The first kappa shape index (κ1) is 21.4. The summed E-state index contributed by atoms with van der Waals surface area (Å²) in [4.78, 5) is 27.1. The zero-order valence-corrected chi connectivity index (χ0v) is 17.2. The van der Waals surface area contributed by atoms with E-state index in [4.69, 9.17) is 9.47 Å². The number of phenolic OH excluding ortho intramolecular Hbond substituents is 1. The molecule has 1 aliphatic rings. The van der Waals surface area contributed by atoms with Crippen molar-refractivity contribution in [1.29, 1.82) is 0 Å². The maximum atomic E-state index is 12.9. The number of likely N-dealkylation sites (tertiary alicyclic amines) is 1. The molecule has 1 fully saturated rings. The molecule has 1 heterocycles. The second-order valence-corrected chi connectivity index (χ2v) is 7.23. The summed E-state index contributed by atoms with van der Waals surface area (Å²) < 4.78 is 10.7. The predicted octanol–water partition coefficient (Wildman–Crippen LogP) is 3.25. The number of aliphatic hydroxyl groups excluding tert-OH is 1. The van der Waals surface area contributed by atoms with Gasteiger partial charge in [-0.1, -0.05) is 12.1 Å². The van der Waals surface area contributed by atoms with E-state index >= 15 is 0 Å². The molecule has 2 N–H and O–H groups in total. The SMILES string of the molecule is COc1ccc(/C(O)=C2/C(=O)C(=O)N(CCOC(C)C)C2c2ccc(O)cc2)cc1. The van der Waals surface area contributed by atoms with Gasteiger partial charge in [0.15, 0.2) is 0 Å². The van der Waals surface area contributed by atoms with Gasteiger partial charge in [-0.3, -0.25) is 9.59 Å². The van der Waals surface area contributed by atoms with Crippen LogP contribution in [0.15, 0.2) is 54.1 Å². The van der Waals surface area contributed by atoms with Crippen LogP contribution in [0, 0.1) is 0 Å². The van der Waals surface area contributed by atoms with Gasteiger partial charge in [0.2, 0.25) is 0 Å². The Morgan fingerprint density at radius 1 is 1.07 bits per heavy atom. The molecular weight excluding hydrogens is 386 g/mol. The summed E-state index contributed by atoms with van der Waals surface area (Å²) in [6.45, 7) is 4.21. The molecule has 0 radical (unpaired) electrons. The molecule has 1 saturated heterocycles. The third-order valence-corrected chi connectivity index (χ3v) is 4.90. The molecule has 158 valence electrons. The van der Waals surface area contributed by atoms with Crippen LogP contribution in [0.1, 0.15) is 31.0 Å². The highest BCUT2D eigenvalue weighted by molar-refractivity contribution is 6.46. The first-order chi connectivity index (χ1) is 14.3. The van der Waals surface area contributed by atoms with Gasteiger partial charge in [-0.15, -0.1) is 0 Å². The number of aromatic hydroxyl groups is 1. The Kier molecular flexibility index (Phi) is 6.42. The van der Waals surface area contributed by atoms with E-state index in [1.54, 1.807) is 36.4 Å². The van der Waals surface area contributed by atoms with Crippen molar-refractivity contribution < 1.29 is 29.3 Å². The lowest BCUT2D eigenvalue weighted by Crippen LogP contribution is -2.33. The number of amides is 1. The summed E-state index contributed by atoms with van der Waals surface area (Å²) in [5.41, 5.74) is 1.00. The Morgan fingerprint density at radius 2 is 1.70 bits per heavy atom. The highest BCUT2D eigenvalue weighted by Crippen LogP contribution is 2.39. The van der Waals surface area contributed by atoms with Crippen molar-refractivity contribution in [2.45, 2.75) is 26.0 Å². The number of carbonyl (C=O) groups is 2. The van der Waals surface area contributed by atoms with Gasteiger partial charge in [0.1, 0.15) is 17.3 Å². The van der Waals surface area contributed by atoms with E-state index in [2.05, 4.69) is 0 Å². The average Bonchev–Trinajstić information content (AvgIpc) is 2.98. The minimum Gasteiger partial charge on any atom is -0.508 e. The van der Waals surface area contributed by atoms with Gasteiger partial charge >= 0.3 is 0 Å². The van der Waals surface area contributed by atoms with Crippen molar-refractivity contribution in [3.05, 3.63) is 65.2 Å². The number of methoxy groups -OCH3 is 1. The second kappa shape index (κ2) is 9.00. The van der Waals surface area contributed by atoms with Crippen molar-refractivity contribution >= 4 is 17.4 Å². The van der Waals surface area contributed by atoms with Crippen LogP contribution in [0.4, 0.5) is 0 Å². The number of Topliss-reactive ketones (excluding diaryl/α,β-unsaturated/α-hetero) is 1. The van der Waals surface area contributed by atoms with E-state index in [0.717, 1.165) is 0 Å². The summed E-state index contributed by atoms with van der Waals surface area (Å²) in [6.07, 6.45) is -0.0201. The highest BCUT2D eigenvalue weighted by Gasteiger charge is 2.45. The fraction of sp³-hybridized carbons (Fsp3) is 0.304. The van der Waals surface area contributed by atoms with E-state index in [-0.39, 0.29) is 36.3 Å². The Balaban J connectivity index is 2.06. The first-order valence-corrected chi connectivity index (χ1v) is 9.67. The van der Waals surface area contributed by atoms with Crippen LogP contribution in [0.2, 0.25) is 0 Å². The third-order valence-electron chi connectivity index (χ3n) is 4.90. The lowest BCUT2D eigenvalue weighted by atomic mass is 9.95. The van der Waals surface area contributed by atoms with Crippen LogP contribution in [0.5, 0.6) is 11.5 Å². The second-order valence-electron chi connectivity index (χ2n) is 7.23. The summed E-state index contributed by atoms with van der Waals surface area (Å²) in [6, 6.07) is 12.0. The van der Waals surface area contributed by atoms with E-state index in [1.807, 2.05) is 13.8 Å². The fourth-order valence-corrected chi connectivity index (χ4v) is 3.40. The summed E-state index contributed by atoms with van der Waals surface area (Å²) >= 11 is 0. The Labute approximate surface area is 175 Å². The number of rotatable bonds is 7. The number of hydrogen-bond donors (Lipinski definition) is 2. The molecule has 0 spiro atoms. The molecule has 1 atom stereocenters. The highest BCUT2D eigenvalue weighted by atomic mass is 16.5. The molecule has 3 rings (SSSR count). The molecule has 2 aromatic carbocycles. The summed E-state index contributed by atoms with van der Waals surface area (Å²) in [5, 5.41) is 20.6. The van der Waals surface area contributed by atoms with E-state index < -0.39 is 17.7 Å². The van der Waals surface area contributed by atoms with Gasteiger partial charge in [0.05, 0.1) is 31.4 Å². The molecule has 30 heavy (non-hydrogen) atoms. The molecule has 0 bridgehead atoms. The van der Waals surface area contributed by atoms with Crippen molar-refractivity contribution in [3.63, 3.8) is 0 Å². The molecule has 1 amide bonds. The molecule has 7 nitrogen and oxygen atoms in total. The Morgan fingerprint density at radius 3 is 2.27 bits per heavy atom. The molecule has 0 aliphatic carbocycles. The maximum absolute atomic E-state index is 12.9. The summed E-state index contributed by atoms with van der Waals surface area (Å²) in [5.74, 6) is -1.05. The van der Waals surface area contributed by atoms with Crippen molar-refractivity contribution in [1.82, 2.24) is 4.90 Å². The normalized spacial score (nSPS) is 18.3. The van der Waals surface area contributed by atoms with Crippen LogP contribution in [-0.4, -0.2) is 53.2 Å². The maximum Gasteiger partial charge on any atom is 0.295 e. The number of aliphatic hydroxyl groups is 1. The molecule has 7 heteroatoms. The van der Waals surface area contributed by atoms with Gasteiger partial charge in [-0.2, -0.15) is 0 Å². The number of phenols is 1. The van der Waals surface area contributed by atoms with Crippen LogP contribution < -0.4 is 4.74 Å². The van der Waals surface area contributed by atoms with Crippen molar-refractivity contribution in [2.75, 3.05) is 20.3 Å². The van der Waals surface area contributed by atoms with Crippen LogP contribution in [-0.2, 0) is 14.3 Å². The number of carbonyl (C=O) groups excluding carboxylic acids is 2. The molecule has 0 aromatic heterocycles. The third kappa shape index (κ3) is 4.31. The zero-order valence-electron chi connectivity index (χ0n) is 17.2. The molecular formula is C23H25NO6. The van der Waals surface area contributed by atoms with E-state index in [9.17, 15) is 19.8 Å². The molecule has 1 unspecified atom stereocenters. The van der Waals surface area contributed by atoms with Gasteiger partial charge in [-0.25, -0.2) is 0 Å². The summed E-state index contributed by atoms with van der Waals surface area (Å²) in [7, 11) is 1.53. The average molecular weight is 411 g/mol. The van der Waals surface area contributed by atoms with E-state index in [1.165, 1.54) is 24.1 Å². The minimum atomic E-state index is -0.788. The molecule has 1 aliphatic heterocycles. The van der Waals surface area contributed by atoms with Gasteiger partial charge in [0, 0.05) is 12.1 Å². The number of hydrogen-bond acceptors (Lipinski definition) is 6. The predicted molar refractivity (Wildman–Crippen MR) is 111 cm³/mol. The molecule has 2 aromatic rings. The standard InChI is InChI=1S/C23H25NO6/c1-14(2)30-13-12-24-20(15-4-8-17(25)9-5-15)19(22(27)23(24)28)21(26)16-6-10-18(29-3)11-7-16/h4-11,14,20,25-26H,12-13H2,1-3H3/b21-19-. The number of ketones is 1. The number of benzene rings is 2. The fourth-order valence-electron chi connectivity index (χ4n) is 3.40. The van der Waals surface area contributed by atoms with Crippen molar-refractivity contribution in [3.8, 4) is 11.5 Å². The van der Waals surface area contributed by atoms with Crippen LogP contribution in [0.25, 0.3) is 5.76 Å². The van der Waals surface area contributed by atoms with Gasteiger partial charge < -0.3 is 24.6 Å². The zero-order chi connectivity index (χ0) is 21.8. The lowest BCUT2D eigenvalue weighted by Gasteiger charge is -2.25. The van der Waals surface area contributed by atoms with E-state index in [0.29, 0.717) is 16.9 Å². The monoisotopic (exact) mass is 411 g/mol. The quantitative estimate of drug-likeness (QED) is 0.413. The molecule has 0 saturated carbocycles. The Bertz CT molecular complexity index is 947. The van der Waals surface area contributed by atoms with Gasteiger partial charge in [0.25, 0.3) is 11.7 Å². The number of ether oxygens (including phenoxy) is 2. The van der Waals surface area contributed by atoms with Crippen LogP contribution >= 0.6 is 0 Å². The minimum absolute atomic E-state index is 0.000374. The topological polar surface area (TPSA) is 96.3 Å². The number of nitrogens with zero attached hydrogens (tertiary/aromatic N) is 1. The van der Waals surface area contributed by atoms with Gasteiger partial charge in [-0.05, 0) is 55.8 Å². The van der Waals surface area contributed by atoms with Crippen molar-refractivity contribution in [2.24, 2.45) is 0 Å². The van der Waals surface area contributed by atoms with Crippen LogP contribution in [0.3, 0.4) is 0 Å². The smallest absolute Gasteiger partial charge is 0.295 e. The lowest BCUT2D eigenvalue weighted by molar-refractivity contribution is -0.140. The Hall–Kier alpha value is -3.32. The largest absolute Gasteiger partial charge is 0.508 e. The first-order valence-electron chi connectivity index (χ1n) is 9.67.